The lowest BCUT2D eigenvalue weighted by atomic mass is 9.76. The molecule has 2 heterocycles. The minimum Gasteiger partial charge on any atom is -0.484 e. The van der Waals surface area contributed by atoms with Gasteiger partial charge in [-0.3, -0.25) is 4.79 Å². The van der Waals surface area contributed by atoms with E-state index in [4.69, 9.17) is 9.26 Å². The fraction of sp³-hybridized carbons (Fsp3) is 0.571. The van der Waals surface area contributed by atoms with Gasteiger partial charge in [0.1, 0.15) is 5.75 Å². The Bertz CT molecular complexity index is 811. The summed E-state index contributed by atoms with van der Waals surface area (Å²) in [4.78, 5) is 19.3. The predicted molar refractivity (Wildman–Crippen MR) is 101 cm³/mol. The number of hydrogen-bond donors (Lipinski definition) is 0. The van der Waals surface area contributed by atoms with E-state index >= 15 is 0 Å². The van der Waals surface area contributed by atoms with Crippen molar-refractivity contribution in [2.75, 3.05) is 19.7 Å². The summed E-state index contributed by atoms with van der Waals surface area (Å²) in [6.07, 6.45) is 5.39. The van der Waals surface area contributed by atoms with Crippen molar-refractivity contribution in [1.29, 1.82) is 0 Å². The second-order valence-electron chi connectivity index (χ2n) is 7.90. The molecule has 0 bridgehead atoms. The number of carbonyl (C=O) groups excluding carboxylic acids is 1. The standard InChI is InChI=1S/C21H27N3O3/c1-3-18-22-20(23-27-18)17-12-24(14-21(17)9-4-5-10-21)19(25)13-26-16-8-6-7-15(2)11-16/h6-8,11,17H,3-5,9-10,12-14H2,1-2H3. The van der Waals surface area contributed by atoms with E-state index in [-0.39, 0.29) is 23.8 Å². The van der Waals surface area contributed by atoms with Crippen LogP contribution in [0.15, 0.2) is 28.8 Å². The van der Waals surface area contributed by atoms with Crippen molar-refractivity contribution in [2.24, 2.45) is 5.41 Å². The molecule has 1 unspecified atom stereocenters. The van der Waals surface area contributed by atoms with E-state index in [2.05, 4.69) is 10.1 Å². The van der Waals surface area contributed by atoms with E-state index in [9.17, 15) is 4.79 Å². The number of carbonyl (C=O) groups is 1. The molecule has 27 heavy (non-hydrogen) atoms. The third kappa shape index (κ3) is 3.57. The van der Waals surface area contributed by atoms with Crippen LogP contribution in [0, 0.1) is 12.3 Å². The van der Waals surface area contributed by atoms with Crippen LogP contribution in [0.25, 0.3) is 0 Å². The van der Waals surface area contributed by atoms with Gasteiger partial charge in [0.25, 0.3) is 5.91 Å². The number of nitrogens with zero attached hydrogens (tertiary/aromatic N) is 3. The summed E-state index contributed by atoms with van der Waals surface area (Å²) in [6.45, 7) is 5.51. The van der Waals surface area contributed by atoms with Crippen LogP contribution in [0.5, 0.6) is 5.75 Å². The summed E-state index contributed by atoms with van der Waals surface area (Å²) >= 11 is 0. The van der Waals surface area contributed by atoms with Crippen molar-refractivity contribution in [2.45, 2.75) is 51.9 Å². The molecule has 6 nitrogen and oxygen atoms in total. The lowest BCUT2D eigenvalue weighted by Gasteiger charge is -2.27. The van der Waals surface area contributed by atoms with Crippen LogP contribution in [0.4, 0.5) is 0 Å². The van der Waals surface area contributed by atoms with Gasteiger partial charge in [-0.05, 0) is 42.9 Å². The number of amides is 1. The number of aryl methyl sites for hydroxylation is 2. The maximum Gasteiger partial charge on any atom is 0.260 e. The summed E-state index contributed by atoms with van der Waals surface area (Å²) in [5.74, 6) is 2.37. The molecule has 0 radical (unpaired) electrons. The van der Waals surface area contributed by atoms with E-state index in [0.717, 1.165) is 42.9 Å². The van der Waals surface area contributed by atoms with E-state index in [0.29, 0.717) is 12.4 Å². The molecule has 1 aliphatic carbocycles. The average Bonchev–Trinajstić information content (AvgIpc) is 3.40. The summed E-state index contributed by atoms with van der Waals surface area (Å²) < 4.78 is 11.1. The van der Waals surface area contributed by atoms with Crippen molar-refractivity contribution in [3.05, 3.63) is 41.5 Å². The maximum absolute atomic E-state index is 12.8. The van der Waals surface area contributed by atoms with Crippen molar-refractivity contribution in [1.82, 2.24) is 15.0 Å². The smallest absolute Gasteiger partial charge is 0.260 e. The van der Waals surface area contributed by atoms with Gasteiger partial charge in [0.2, 0.25) is 5.89 Å². The quantitative estimate of drug-likeness (QED) is 0.807. The van der Waals surface area contributed by atoms with Gasteiger partial charge < -0.3 is 14.2 Å². The number of ether oxygens (including phenoxy) is 1. The average molecular weight is 369 g/mol. The molecule has 6 heteroatoms. The molecule has 1 atom stereocenters. The first kappa shape index (κ1) is 18.0. The molecule has 4 rings (SSSR count). The van der Waals surface area contributed by atoms with Crippen LogP contribution in [0.3, 0.4) is 0 Å². The van der Waals surface area contributed by atoms with Crippen LogP contribution < -0.4 is 4.74 Å². The molecule has 1 amide bonds. The molecule has 2 fully saturated rings. The van der Waals surface area contributed by atoms with Crippen LogP contribution >= 0.6 is 0 Å². The molecule has 1 spiro atoms. The number of aromatic nitrogens is 2. The first-order chi connectivity index (χ1) is 13.1. The Hall–Kier alpha value is -2.37. The lowest BCUT2D eigenvalue weighted by Crippen LogP contribution is -2.34. The fourth-order valence-corrected chi connectivity index (χ4v) is 4.59. The highest BCUT2D eigenvalue weighted by atomic mass is 16.5. The van der Waals surface area contributed by atoms with Gasteiger partial charge in [0.05, 0.1) is 0 Å². The Kier molecular flexibility index (Phi) is 4.89. The SMILES string of the molecule is CCc1nc(C2CN(C(=O)COc3cccc(C)c3)CC23CCCC3)no1. The Morgan fingerprint density at radius 2 is 2.19 bits per heavy atom. The second kappa shape index (κ2) is 7.33. The van der Waals surface area contributed by atoms with Gasteiger partial charge in [0.15, 0.2) is 12.4 Å². The van der Waals surface area contributed by atoms with Gasteiger partial charge in [-0.25, -0.2) is 0 Å². The zero-order valence-electron chi connectivity index (χ0n) is 16.1. The molecular formula is C21H27N3O3. The first-order valence-electron chi connectivity index (χ1n) is 9.89. The Balaban J connectivity index is 1.46. The largest absolute Gasteiger partial charge is 0.484 e. The van der Waals surface area contributed by atoms with Crippen LogP contribution in [-0.4, -0.2) is 40.6 Å². The van der Waals surface area contributed by atoms with Gasteiger partial charge in [0, 0.05) is 25.4 Å². The van der Waals surface area contributed by atoms with Gasteiger partial charge in [-0.15, -0.1) is 0 Å². The Morgan fingerprint density at radius 3 is 2.89 bits per heavy atom. The van der Waals surface area contributed by atoms with E-state index in [1.165, 1.54) is 12.8 Å². The normalized spacial score (nSPS) is 21.1. The van der Waals surface area contributed by atoms with Crippen LogP contribution in [0.1, 0.15) is 55.8 Å². The maximum atomic E-state index is 12.8. The topological polar surface area (TPSA) is 68.5 Å². The molecule has 144 valence electrons. The summed E-state index contributed by atoms with van der Waals surface area (Å²) in [6, 6.07) is 7.79. The van der Waals surface area contributed by atoms with E-state index < -0.39 is 0 Å². The van der Waals surface area contributed by atoms with E-state index in [1.807, 2.05) is 43.0 Å². The highest BCUT2D eigenvalue weighted by molar-refractivity contribution is 5.78. The molecule has 0 N–H and O–H groups in total. The highest BCUT2D eigenvalue weighted by Gasteiger charge is 2.51. The summed E-state index contributed by atoms with van der Waals surface area (Å²) in [7, 11) is 0. The molecule has 2 aliphatic rings. The molecule has 1 saturated carbocycles. The van der Waals surface area contributed by atoms with Crippen LogP contribution in [0.2, 0.25) is 0 Å². The van der Waals surface area contributed by atoms with Gasteiger partial charge in [-0.1, -0.05) is 37.1 Å². The van der Waals surface area contributed by atoms with Crippen molar-refractivity contribution in [3.8, 4) is 5.75 Å². The Morgan fingerprint density at radius 1 is 1.37 bits per heavy atom. The van der Waals surface area contributed by atoms with Crippen molar-refractivity contribution < 1.29 is 14.1 Å². The number of rotatable bonds is 5. The molecule has 1 aliphatic heterocycles. The summed E-state index contributed by atoms with van der Waals surface area (Å²) in [5, 5.41) is 4.23. The second-order valence-corrected chi connectivity index (χ2v) is 7.90. The monoisotopic (exact) mass is 369 g/mol. The number of hydrogen-bond acceptors (Lipinski definition) is 5. The third-order valence-electron chi connectivity index (χ3n) is 6.05. The van der Waals surface area contributed by atoms with Crippen molar-refractivity contribution in [3.63, 3.8) is 0 Å². The third-order valence-corrected chi connectivity index (χ3v) is 6.05. The Labute approximate surface area is 159 Å². The predicted octanol–water partition coefficient (Wildman–Crippen LogP) is 3.51. The molecular weight excluding hydrogens is 342 g/mol. The van der Waals surface area contributed by atoms with Gasteiger partial charge in [-0.2, -0.15) is 4.98 Å². The molecule has 1 aromatic heterocycles. The van der Waals surface area contributed by atoms with Crippen molar-refractivity contribution >= 4 is 5.91 Å². The van der Waals surface area contributed by atoms with Crippen LogP contribution in [-0.2, 0) is 11.2 Å². The summed E-state index contributed by atoms with van der Waals surface area (Å²) in [5.41, 5.74) is 1.21. The molecule has 1 saturated heterocycles. The zero-order chi connectivity index (χ0) is 18.9. The van der Waals surface area contributed by atoms with Gasteiger partial charge >= 0.3 is 0 Å². The number of benzene rings is 1. The lowest BCUT2D eigenvalue weighted by molar-refractivity contribution is -0.132. The zero-order valence-corrected chi connectivity index (χ0v) is 16.1. The molecule has 1 aromatic carbocycles. The first-order valence-corrected chi connectivity index (χ1v) is 9.89. The number of likely N-dealkylation sites (tertiary alicyclic amines) is 1. The minimum absolute atomic E-state index is 0.0319. The fourth-order valence-electron chi connectivity index (χ4n) is 4.59. The highest BCUT2D eigenvalue weighted by Crippen LogP contribution is 2.52. The van der Waals surface area contributed by atoms with E-state index in [1.54, 1.807) is 0 Å². The minimum atomic E-state index is 0.0319. The molecule has 2 aromatic rings.